The average molecular weight is 366 g/mol. The van der Waals surface area contributed by atoms with Crippen LogP contribution in [0.2, 0.25) is 0 Å². The lowest BCUT2D eigenvalue weighted by molar-refractivity contribution is 0.199. The van der Waals surface area contributed by atoms with Gasteiger partial charge in [0.25, 0.3) is 0 Å². The number of H-pyrrole nitrogens is 1. The van der Waals surface area contributed by atoms with E-state index in [9.17, 15) is 9.50 Å². The van der Waals surface area contributed by atoms with E-state index in [-0.39, 0.29) is 12.4 Å². The highest BCUT2D eigenvalue weighted by Gasteiger charge is 2.28. The van der Waals surface area contributed by atoms with Gasteiger partial charge in [-0.25, -0.2) is 14.4 Å². The fourth-order valence-corrected chi connectivity index (χ4v) is 3.79. The summed E-state index contributed by atoms with van der Waals surface area (Å²) >= 11 is 0. The molecular weight excluding hydrogens is 347 g/mol. The lowest BCUT2D eigenvalue weighted by Gasteiger charge is -2.38. The number of aryl methyl sites for hydroxylation is 1. The molecule has 7 nitrogen and oxygen atoms in total. The topological polar surface area (TPSA) is 82.9 Å². The van der Waals surface area contributed by atoms with Crippen LogP contribution in [0.4, 0.5) is 10.3 Å². The van der Waals surface area contributed by atoms with Gasteiger partial charge in [-0.1, -0.05) is 6.92 Å². The number of halogens is 1. The quantitative estimate of drug-likeness (QED) is 0.580. The molecule has 8 heteroatoms. The predicted molar refractivity (Wildman–Crippen MR) is 101 cm³/mol. The van der Waals surface area contributed by atoms with E-state index in [0.29, 0.717) is 11.9 Å². The van der Waals surface area contributed by atoms with E-state index in [4.69, 9.17) is 4.98 Å². The molecule has 4 heterocycles. The molecule has 138 valence electrons. The second-order valence-corrected chi connectivity index (χ2v) is 6.94. The van der Waals surface area contributed by atoms with Crippen LogP contribution in [0, 0.1) is 11.7 Å². The van der Waals surface area contributed by atoms with Crippen molar-refractivity contribution in [3.63, 3.8) is 0 Å². The van der Waals surface area contributed by atoms with Gasteiger partial charge >= 0.3 is 0 Å². The van der Waals surface area contributed by atoms with Crippen LogP contribution in [-0.4, -0.2) is 49.5 Å². The summed E-state index contributed by atoms with van der Waals surface area (Å²) < 4.78 is 15.8. The summed E-state index contributed by atoms with van der Waals surface area (Å²) in [4.78, 5) is 11.4. The van der Waals surface area contributed by atoms with E-state index < -0.39 is 0 Å². The molecular formula is C19H19FN6O. The Morgan fingerprint density at radius 1 is 1.26 bits per heavy atom. The molecule has 0 radical (unpaired) electrons. The van der Waals surface area contributed by atoms with Crippen LogP contribution in [0.15, 0.2) is 30.6 Å². The average Bonchev–Trinajstić information content (AvgIpc) is 3.22. The van der Waals surface area contributed by atoms with Gasteiger partial charge in [-0.15, -0.1) is 0 Å². The van der Waals surface area contributed by atoms with Crippen LogP contribution in [0.1, 0.15) is 12.6 Å². The zero-order valence-corrected chi connectivity index (χ0v) is 14.9. The first-order valence-corrected chi connectivity index (χ1v) is 9.04. The van der Waals surface area contributed by atoms with E-state index in [1.165, 1.54) is 12.1 Å². The van der Waals surface area contributed by atoms with Crippen molar-refractivity contribution >= 4 is 27.9 Å². The maximum atomic E-state index is 13.8. The summed E-state index contributed by atoms with van der Waals surface area (Å²) in [5.41, 5.74) is 4.33. The highest BCUT2D eigenvalue weighted by atomic mass is 19.1. The zero-order valence-electron chi connectivity index (χ0n) is 14.9. The molecule has 0 aliphatic carbocycles. The largest absolute Gasteiger partial charge is 0.396 e. The molecule has 1 aliphatic heterocycles. The van der Waals surface area contributed by atoms with Crippen molar-refractivity contribution in [2.45, 2.75) is 13.3 Å². The number of anilines is 1. The number of hydrogen-bond donors (Lipinski definition) is 2. The van der Waals surface area contributed by atoms with Crippen molar-refractivity contribution in [1.29, 1.82) is 0 Å². The Kier molecular flexibility index (Phi) is 3.61. The SMILES string of the molecule is CCc1nc(N2CC(CO)C2)ncc1-n1c2ccc(F)cc2c2[nH]ncc21. The number of fused-ring (bicyclic) bond motifs is 3. The first kappa shape index (κ1) is 16.2. The van der Waals surface area contributed by atoms with Gasteiger partial charge in [-0.3, -0.25) is 5.10 Å². The molecule has 0 saturated carbocycles. The lowest BCUT2D eigenvalue weighted by Crippen LogP contribution is -2.49. The van der Waals surface area contributed by atoms with Crippen molar-refractivity contribution in [3.05, 3.63) is 42.1 Å². The van der Waals surface area contributed by atoms with Gasteiger partial charge < -0.3 is 14.6 Å². The van der Waals surface area contributed by atoms with E-state index in [0.717, 1.165) is 52.8 Å². The molecule has 0 bridgehead atoms. The molecule has 1 saturated heterocycles. The third kappa shape index (κ3) is 2.40. The van der Waals surface area contributed by atoms with Crippen molar-refractivity contribution in [2.24, 2.45) is 5.92 Å². The summed E-state index contributed by atoms with van der Waals surface area (Å²) in [5, 5.41) is 17.1. The number of aliphatic hydroxyl groups is 1. The van der Waals surface area contributed by atoms with Gasteiger partial charge in [0.15, 0.2) is 0 Å². The number of aromatic amines is 1. The maximum absolute atomic E-state index is 13.8. The summed E-state index contributed by atoms with van der Waals surface area (Å²) in [6, 6.07) is 4.75. The molecule has 0 unspecified atom stereocenters. The second-order valence-electron chi connectivity index (χ2n) is 6.94. The maximum Gasteiger partial charge on any atom is 0.225 e. The van der Waals surface area contributed by atoms with Crippen LogP contribution >= 0.6 is 0 Å². The first-order chi connectivity index (χ1) is 13.2. The van der Waals surface area contributed by atoms with Gasteiger partial charge in [-0.05, 0) is 24.6 Å². The monoisotopic (exact) mass is 366 g/mol. The minimum atomic E-state index is -0.283. The molecule has 3 aromatic heterocycles. The van der Waals surface area contributed by atoms with Gasteiger partial charge in [-0.2, -0.15) is 5.10 Å². The van der Waals surface area contributed by atoms with E-state index >= 15 is 0 Å². The number of aliphatic hydroxyl groups excluding tert-OH is 1. The molecule has 0 atom stereocenters. The normalized spacial score (nSPS) is 15.0. The van der Waals surface area contributed by atoms with Crippen LogP contribution < -0.4 is 4.90 Å². The van der Waals surface area contributed by atoms with E-state index in [1.807, 2.05) is 10.8 Å². The fourth-order valence-electron chi connectivity index (χ4n) is 3.79. The number of hydrogen-bond acceptors (Lipinski definition) is 5. The third-order valence-electron chi connectivity index (χ3n) is 5.24. The van der Waals surface area contributed by atoms with Crippen LogP contribution in [0.3, 0.4) is 0 Å². The molecule has 1 aromatic carbocycles. The molecule has 2 N–H and O–H groups in total. The van der Waals surface area contributed by atoms with Crippen molar-refractivity contribution in [3.8, 4) is 5.69 Å². The Morgan fingerprint density at radius 3 is 2.89 bits per heavy atom. The van der Waals surface area contributed by atoms with Gasteiger partial charge in [0, 0.05) is 31.0 Å². The number of nitrogens with one attached hydrogen (secondary N) is 1. The van der Waals surface area contributed by atoms with Gasteiger partial charge in [0.2, 0.25) is 5.95 Å². The molecule has 5 rings (SSSR count). The number of benzene rings is 1. The zero-order chi connectivity index (χ0) is 18.5. The minimum Gasteiger partial charge on any atom is -0.396 e. The Bertz CT molecular complexity index is 1140. The predicted octanol–water partition coefficient (Wildman–Crippen LogP) is 2.43. The molecule has 0 amide bonds. The molecule has 4 aromatic rings. The Hall–Kier alpha value is -3.00. The molecule has 0 spiro atoms. The summed E-state index contributed by atoms with van der Waals surface area (Å²) in [6.45, 7) is 3.80. The summed E-state index contributed by atoms with van der Waals surface area (Å²) in [6.07, 6.45) is 4.30. The highest BCUT2D eigenvalue weighted by molar-refractivity contribution is 6.06. The summed E-state index contributed by atoms with van der Waals surface area (Å²) in [5.74, 6) is 0.702. The van der Waals surface area contributed by atoms with E-state index in [1.54, 1.807) is 12.3 Å². The third-order valence-corrected chi connectivity index (χ3v) is 5.24. The van der Waals surface area contributed by atoms with Crippen LogP contribution in [0.5, 0.6) is 0 Å². The highest BCUT2D eigenvalue weighted by Crippen LogP contribution is 2.32. The molecule has 1 aliphatic rings. The van der Waals surface area contributed by atoms with Crippen molar-refractivity contribution < 1.29 is 9.50 Å². The Balaban J connectivity index is 1.67. The van der Waals surface area contributed by atoms with Crippen molar-refractivity contribution in [1.82, 2.24) is 24.7 Å². The fraction of sp³-hybridized carbons (Fsp3) is 0.316. The Labute approximate surface area is 154 Å². The molecule has 1 fully saturated rings. The smallest absolute Gasteiger partial charge is 0.225 e. The van der Waals surface area contributed by atoms with Gasteiger partial charge in [0.1, 0.15) is 5.82 Å². The minimum absolute atomic E-state index is 0.194. The van der Waals surface area contributed by atoms with Crippen LogP contribution in [-0.2, 0) is 6.42 Å². The van der Waals surface area contributed by atoms with Crippen molar-refractivity contribution in [2.75, 3.05) is 24.6 Å². The number of nitrogens with zero attached hydrogens (tertiary/aromatic N) is 5. The lowest BCUT2D eigenvalue weighted by atomic mass is 10.0. The van der Waals surface area contributed by atoms with Gasteiger partial charge in [0.05, 0.1) is 40.3 Å². The number of rotatable bonds is 4. The Morgan fingerprint density at radius 2 is 2.11 bits per heavy atom. The van der Waals surface area contributed by atoms with Crippen LogP contribution in [0.25, 0.3) is 27.6 Å². The van der Waals surface area contributed by atoms with E-state index in [2.05, 4.69) is 27.0 Å². The molecule has 27 heavy (non-hydrogen) atoms. The second kappa shape index (κ2) is 6.02. The first-order valence-electron chi connectivity index (χ1n) is 9.04. The standard InChI is InChI=1S/C19H19FN6O/c1-2-14-16(6-21-19(23-14)25-8-11(9-25)10-27)26-15-4-3-12(20)5-13(15)18-17(26)7-22-24-18/h3-7,11,27H,2,8-10H2,1H3,(H,22,24). The summed E-state index contributed by atoms with van der Waals surface area (Å²) in [7, 11) is 0. The number of aromatic nitrogens is 5.